The first-order valence-electron chi connectivity index (χ1n) is 8.39. The van der Waals surface area contributed by atoms with E-state index in [2.05, 4.69) is 43.9 Å². The molecule has 0 aliphatic carbocycles. The minimum absolute atomic E-state index is 0.186. The third-order valence-corrected chi connectivity index (χ3v) is 4.68. The molecule has 0 aliphatic heterocycles. The first-order valence-corrected chi connectivity index (χ1v) is 9.18. The number of nitrogens with one attached hydrogen (secondary N) is 2. The second-order valence-corrected chi connectivity index (χ2v) is 6.99. The van der Waals surface area contributed by atoms with E-state index in [1.54, 1.807) is 0 Å². The van der Waals surface area contributed by atoms with Gasteiger partial charge in [0.15, 0.2) is 0 Å². The van der Waals surface area contributed by atoms with Crippen LogP contribution in [0.15, 0.2) is 76.3 Å². The molecule has 1 atom stereocenters. The van der Waals surface area contributed by atoms with Crippen LogP contribution in [-0.2, 0) is 4.79 Å². The van der Waals surface area contributed by atoms with Crippen molar-refractivity contribution in [3.63, 3.8) is 0 Å². The molecular weight excluding hydrogens is 390 g/mol. The molecule has 0 spiro atoms. The molecule has 3 aromatic rings. The number of hydrogen-bond acceptors (Lipinski definition) is 3. The summed E-state index contributed by atoms with van der Waals surface area (Å²) in [6.07, 6.45) is 0. The molecule has 0 bridgehead atoms. The van der Waals surface area contributed by atoms with Gasteiger partial charge in [-0.25, -0.2) is 5.43 Å². The Morgan fingerprint density at radius 2 is 1.69 bits per heavy atom. The molecule has 132 valence electrons. The van der Waals surface area contributed by atoms with Crippen molar-refractivity contribution in [3.8, 4) is 0 Å². The van der Waals surface area contributed by atoms with Crippen molar-refractivity contribution in [2.24, 2.45) is 5.10 Å². The maximum Gasteiger partial charge on any atom is 0.262 e. The molecule has 0 saturated heterocycles. The van der Waals surface area contributed by atoms with E-state index in [-0.39, 0.29) is 5.91 Å². The van der Waals surface area contributed by atoms with Crippen LogP contribution in [0.25, 0.3) is 10.8 Å². The number of carbonyl (C=O) groups excluding carboxylic acids is 1. The topological polar surface area (TPSA) is 53.5 Å². The number of carbonyl (C=O) groups is 1. The zero-order valence-electron chi connectivity index (χ0n) is 14.7. The summed E-state index contributed by atoms with van der Waals surface area (Å²) in [5.41, 5.74) is 5.28. The van der Waals surface area contributed by atoms with Gasteiger partial charge in [0.1, 0.15) is 6.04 Å². The predicted octanol–water partition coefficient (Wildman–Crippen LogP) is 4.94. The Morgan fingerprint density at radius 3 is 2.46 bits per heavy atom. The zero-order valence-corrected chi connectivity index (χ0v) is 16.2. The van der Waals surface area contributed by atoms with Gasteiger partial charge in [-0.15, -0.1) is 0 Å². The second-order valence-electron chi connectivity index (χ2n) is 6.07. The predicted molar refractivity (Wildman–Crippen MR) is 112 cm³/mol. The van der Waals surface area contributed by atoms with Crippen molar-refractivity contribution < 1.29 is 4.79 Å². The molecule has 1 amide bonds. The molecule has 5 heteroatoms. The van der Waals surface area contributed by atoms with Gasteiger partial charge in [-0.2, -0.15) is 5.10 Å². The van der Waals surface area contributed by atoms with E-state index >= 15 is 0 Å². The number of amides is 1. The van der Waals surface area contributed by atoms with Crippen molar-refractivity contribution in [1.29, 1.82) is 0 Å². The van der Waals surface area contributed by atoms with Crippen LogP contribution in [0.1, 0.15) is 19.4 Å². The van der Waals surface area contributed by atoms with E-state index in [0.29, 0.717) is 0 Å². The number of anilines is 1. The molecule has 26 heavy (non-hydrogen) atoms. The first-order chi connectivity index (χ1) is 12.5. The van der Waals surface area contributed by atoms with Gasteiger partial charge in [0.25, 0.3) is 5.91 Å². The standard InChI is InChI=1S/C21H20BrN3O/c1-14(16-10-12-18(22)13-11-16)24-25-21(26)15(2)23-20-9-5-7-17-6-3-4-8-19(17)20/h3-13,15,23H,1-2H3,(H,25,26). The van der Waals surface area contributed by atoms with E-state index in [0.717, 1.165) is 32.2 Å². The lowest BCUT2D eigenvalue weighted by molar-refractivity contribution is -0.121. The van der Waals surface area contributed by atoms with Crippen molar-refractivity contribution >= 4 is 44.0 Å². The van der Waals surface area contributed by atoms with Gasteiger partial charge in [-0.3, -0.25) is 4.79 Å². The van der Waals surface area contributed by atoms with Crippen molar-refractivity contribution in [3.05, 3.63) is 76.8 Å². The molecule has 0 aliphatic rings. The quantitative estimate of drug-likeness (QED) is 0.462. The van der Waals surface area contributed by atoms with E-state index in [4.69, 9.17) is 0 Å². The number of fused-ring (bicyclic) bond motifs is 1. The Labute approximate surface area is 161 Å². The maximum atomic E-state index is 12.4. The lowest BCUT2D eigenvalue weighted by Crippen LogP contribution is -2.35. The number of nitrogens with zero attached hydrogens (tertiary/aromatic N) is 1. The van der Waals surface area contributed by atoms with E-state index < -0.39 is 6.04 Å². The van der Waals surface area contributed by atoms with Crippen molar-refractivity contribution in [2.45, 2.75) is 19.9 Å². The Hall–Kier alpha value is -2.66. The molecule has 0 fully saturated rings. The fourth-order valence-corrected chi connectivity index (χ4v) is 2.91. The summed E-state index contributed by atoms with van der Waals surface area (Å²) in [6.45, 7) is 3.69. The van der Waals surface area contributed by atoms with Crippen molar-refractivity contribution in [2.75, 3.05) is 5.32 Å². The van der Waals surface area contributed by atoms with Crippen LogP contribution < -0.4 is 10.7 Å². The molecule has 0 saturated carbocycles. The molecule has 3 aromatic carbocycles. The third-order valence-electron chi connectivity index (χ3n) is 4.15. The van der Waals surface area contributed by atoms with Crippen LogP contribution in [0.3, 0.4) is 0 Å². The van der Waals surface area contributed by atoms with Crippen LogP contribution in [-0.4, -0.2) is 17.7 Å². The Kier molecular flexibility index (Phi) is 5.68. The van der Waals surface area contributed by atoms with Gasteiger partial charge in [-0.1, -0.05) is 64.5 Å². The molecule has 0 radical (unpaired) electrons. The first kappa shape index (κ1) is 18.1. The number of hydrogen-bond donors (Lipinski definition) is 2. The summed E-state index contributed by atoms with van der Waals surface area (Å²) in [5, 5.41) is 9.70. The molecule has 4 nitrogen and oxygen atoms in total. The van der Waals surface area contributed by atoms with Gasteiger partial charge < -0.3 is 5.32 Å². The Bertz CT molecular complexity index is 946. The number of rotatable bonds is 5. The van der Waals surface area contributed by atoms with E-state index in [1.807, 2.05) is 68.4 Å². The highest BCUT2D eigenvalue weighted by Crippen LogP contribution is 2.23. The molecule has 1 unspecified atom stereocenters. The lowest BCUT2D eigenvalue weighted by Gasteiger charge is -2.15. The SMILES string of the molecule is CC(=NNC(=O)C(C)Nc1cccc2ccccc12)c1ccc(Br)cc1. The highest BCUT2D eigenvalue weighted by molar-refractivity contribution is 9.10. The Morgan fingerprint density at radius 1 is 1.00 bits per heavy atom. The summed E-state index contributed by atoms with van der Waals surface area (Å²) in [7, 11) is 0. The third kappa shape index (κ3) is 4.29. The zero-order chi connectivity index (χ0) is 18.5. The van der Waals surface area contributed by atoms with Crippen molar-refractivity contribution in [1.82, 2.24) is 5.43 Å². The molecule has 3 rings (SSSR count). The minimum Gasteiger partial charge on any atom is -0.373 e. The maximum absolute atomic E-state index is 12.4. The van der Waals surface area contributed by atoms with E-state index in [9.17, 15) is 4.79 Å². The monoisotopic (exact) mass is 409 g/mol. The molecule has 0 heterocycles. The fourth-order valence-electron chi connectivity index (χ4n) is 2.64. The average Bonchev–Trinajstić information content (AvgIpc) is 2.66. The second kappa shape index (κ2) is 8.15. The summed E-state index contributed by atoms with van der Waals surface area (Å²) in [6, 6.07) is 21.5. The van der Waals surface area contributed by atoms with Crippen LogP contribution in [0.5, 0.6) is 0 Å². The van der Waals surface area contributed by atoms with Crippen LogP contribution in [0, 0.1) is 0 Å². The molecule has 2 N–H and O–H groups in total. The van der Waals surface area contributed by atoms with E-state index in [1.165, 1.54) is 0 Å². The lowest BCUT2D eigenvalue weighted by atomic mass is 10.1. The smallest absolute Gasteiger partial charge is 0.262 e. The van der Waals surface area contributed by atoms with Gasteiger partial charge >= 0.3 is 0 Å². The minimum atomic E-state index is -0.415. The number of benzene rings is 3. The largest absolute Gasteiger partial charge is 0.373 e. The fraction of sp³-hybridized carbons (Fsp3) is 0.143. The van der Waals surface area contributed by atoms with Gasteiger partial charge in [0.05, 0.1) is 5.71 Å². The van der Waals surface area contributed by atoms with Crippen LogP contribution in [0.2, 0.25) is 0 Å². The van der Waals surface area contributed by atoms with Gasteiger partial charge in [-0.05, 0) is 43.0 Å². The van der Waals surface area contributed by atoms with Gasteiger partial charge in [0.2, 0.25) is 0 Å². The summed E-state index contributed by atoms with van der Waals surface area (Å²) in [4.78, 5) is 12.4. The van der Waals surface area contributed by atoms with Crippen LogP contribution >= 0.6 is 15.9 Å². The number of hydrazone groups is 1. The summed E-state index contributed by atoms with van der Waals surface area (Å²) in [5.74, 6) is -0.186. The summed E-state index contributed by atoms with van der Waals surface area (Å²) < 4.78 is 1.01. The number of halogens is 1. The highest BCUT2D eigenvalue weighted by Gasteiger charge is 2.13. The average molecular weight is 410 g/mol. The normalized spacial score (nSPS) is 12.7. The molecule has 0 aromatic heterocycles. The highest BCUT2D eigenvalue weighted by atomic mass is 79.9. The molecular formula is C21H20BrN3O. The summed E-state index contributed by atoms with van der Waals surface area (Å²) >= 11 is 3.41. The van der Waals surface area contributed by atoms with Gasteiger partial charge in [0, 0.05) is 15.5 Å². The Balaban J connectivity index is 1.68. The van der Waals surface area contributed by atoms with Crippen LogP contribution in [0.4, 0.5) is 5.69 Å².